The Hall–Kier alpha value is -1.48. The Kier molecular flexibility index (Phi) is 8.68. The monoisotopic (exact) mass is 538 g/mol. The van der Waals surface area contributed by atoms with Gasteiger partial charge in [0.15, 0.2) is 6.79 Å². The van der Waals surface area contributed by atoms with E-state index in [0.29, 0.717) is 18.4 Å². The highest BCUT2D eigenvalue weighted by Crippen LogP contribution is 2.33. The maximum atomic E-state index is 5.90. The fourth-order valence-electron chi connectivity index (χ4n) is 3.57. The number of aryl methyl sites for hydroxylation is 1. The summed E-state index contributed by atoms with van der Waals surface area (Å²) in [7, 11) is 2.16. The van der Waals surface area contributed by atoms with Crippen molar-refractivity contribution in [3.8, 4) is 17.0 Å². The van der Waals surface area contributed by atoms with E-state index < -0.39 is 0 Å². The van der Waals surface area contributed by atoms with Gasteiger partial charge in [0, 0.05) is 24.8 Å². The van der Waals surface area contributed by atoms with Crippen LogP contribution in [0.2, 0.25) is 0 Å². The molecule has 1 unspecified atom stereocenters. The van der Waals surface area contributed by atoms with Crippen LogP contribution in [0.25, 0.3) is 17.3 Å². The number of benzene rings is 1. The topological polar surface area (TPSA) is 59.5 Å². The predicted octanol–water partition coefficient (Wildman–Crippen LogP) is 5.42. The number of nitrogens with zero attached hydrogens (tertiary/aromatic N) is 3. The van der Waals surface area contributed by atoms with Gasteiger partial charge in [0.1, 0.15) is 11.6 Å². The lowest BCUT2D eigenvalue weighted by Gasteiger charge is -2.30. The summed E-state index contributed by atoms with van der Waals surface area (Å²) in [4.78, 5) is 2.35. The van der Waals surface area contributed by atoms with Crippen molar-refractivity contribution in [2.24, 2.45) is 0 Å². The van der Waals surface area contributed by atoms with E-state index in [1.807, 2.05) is 31.2 Å². The van der Waals surface area contributed by atoms with E-state index >= 15 is 0 Å². The van der Waals surface area contributed by atoms with Crippen molar-refractivity contribution < 1.29 is 9.47 Å². The number of ether oxygens (including phenoxy) is 2. The molecule has 30 heavy (non-hydrogen) atoms. The minimum atomic E-state index is 0.188. The summed E-state index contributed by atoms with van der Waals surface area (Å²) in [5, 5.41) is 12.5. The van der Waals surface area contributed by atoms with Crippen LogP contribution in [0, 0.1) is 6.92 Å². The van der Waals surface area contributed by atoms with E-state index in [1.165, 1.54) is 6.42 Å². The number of likely N-dealkylation sites (tertiary alicyclic amines) is 1. The summed E-state index contributed by atoms with van der Waals surface area (Å²) in [6.45, 7) is 6.96. The van der Waals surface area contributed by atoms with E-state index in [2.05, 4.69) is 72.3 Å². The minimum absolute atomic E-state index is 0.188. The third-order valence-corrected chi connectivity index (χ3v) is 5.46. The van der Waals surface area contributed by atoms with Crippen LogP contribution in [-0.2, 0) is 4.74 Å². The van der Waals surface area contributed by atoms with E-state index in [9.17, 15) is 0 Å². The summed E-state index contributed by atoms with van der Waals surface area (Å²) in [5.41, 5.74) is 3.75. The number of halogens is 2. The Morgan fingerprint density at radius 3 is 2.83 bits per heavy atom. The fourth-order valence-corrected chi connectivity index (χ4v) is 4.10. The second-order valence-corrected chi connectivity index (χ2v) is 10.2. The van der Waals surface area contributed by atoms with Crippen LogP contribution in [0.4, 0.5) is 5.82 Å². The number of anilines is 1. The Balaban J connectivity index is 1.85. The van der Waals surface area contributed by atoms with Crippen molar-refractivity contribution in [1.29, 1.82) is 0 Å². The van der Waals surface area contributed by atoms with Crippen LogP contribution in [0.5, 0.6) is 5.75 Å². The summed E-state index contributed by atoms with van der Waals surface area (Å²) >= 11 is 6.81. The maximum Gasteiger partial charge on any atom is 0.189 e. The molecule has 1 saturated heterocycles. The van der Waals surface area contributed by atoms with Crippen molar-refractivity contribution >= 4 is 43.8 Å². The first-order valence-electron chi connectivity index (χ1n) is 10.1. The van der Waals surface area contributed by atoms with Crippen LogP contribution in [0.3, 0.4) is 0 Å². The summed E-state index contributed by atoms with van der Waals surface area (Å²) in [5.74, 6) is 1.53. The molecule has 1 N–H and O–H groups in total. The number of hydrogen-bond acceptors (Lipinski definition) is 6. The molecule has 0 bridgehead atoms. The number of likely N-dealkylation sites (N-methyl/N-ethyl adjacent to an activating group) is 1. The molecule has 1 aliphatic heterocycles. The third-order valence-electron chi connectivity index (χ3n) is 5.00. The van der Waals surface area contributed by atoms with Gasteiger partial charge in [0.05, 0.1) is 9.09 Å². The van der Waals surface area contributed by atoms with E-state index in [1.54, 1.807) is 0 Å². The number of piperidine rings is 1. The SMILES string of the molecule is CCOCOc1cc(C=C(Br)Br)ccc1-c1nnc(NC2CCCN(C)C2)cc1C. The molecule has 0 spiro atoms. The average molecular weight is 540 g/mol. The first kappa shape index (κ1) is 23.2. The third kappa shape index (κ3) is 6.51. The lowest BCUT2D eigenvalue weighted by molar-refractivity contribution is 0.0227. The minimum Gasteiger partial charge on any atom is -0.467 e. The molecule has 1 aliphatic rings. The van der Waals surface area contributed by atoms with Crippen LogP contribution in [0.15, 0.2) is 27.7 Å². The lowest BCUT2D eigenvalue weighted by Crippen LogP contribution is -2.39. The van der Waals surface area contributed by atoms with Gasteiger partial charge in [0.2, 0.25) is 0 Å². The molecule has 3 rings (SSSR count). The van der Waals surface area contributed by atoms with Gasteiger partial charge in [-0.1, -0.05) is 6.07 Å². The van der Waals surface area contributed by atoms with Crippen molar-refractivity contribution in [3.63, 3.8) is 0 Å². The van der Waals surface area contributed by atoms with Gasteiger partial charge in [-0.2, -0.15) is 0 Å². The molecule has 1 aromatic carbocycles. The van der Waals surface area contributed by atoms with E-state index in [4.69, 9.17) is 9.47 Å². The Labute approximate surface area is 195 Å². The Bertz CT molecular complexity index is 887. The fraction of sp³-hybridized carbons (Fsp3) is 0.455. The van der Waals surface area contributed by atoms with Gasteiger partial charge in [-0.25, -0.2) is 0 Å². The molecule has 0 saturated carbocycles. The van der Waals surface area contributed by atoms with Crippen LogP contribution in [0.1, 0.15) is 30.9 Å². The second kappa shape index (κ2) is 11.2. The molecular weight excluding hydrogens is 512 g/mol. The van der Waals surface area contributed by atoms with Crippen LogP contribution >= 0.6 is 31.9 Å². The molecular formula is C22H28Br2N4O2. The Morgan fingerprint density at radius 2 is 2.13 bits per heavy atom. The van der Waals surface area contributed by atoms with Crippen molar-refractivity contribution in [3.05, 3.63) is 38.8 Å². The molecule has 1 fully saturated rings. The van der Waals surface area contributed by atoms with Gasteiger partial charge < -0.3 is 19.7 Å². The molecule has 162 valence electrons. The second-order valence-electron chi connectivity index (χ2n) is 7.45. The average Bonchev–Trinajstić information content (AvgIpc) is 2.69. The highest BCUT2D eigenvalue weighted by Gasteiger charge is 2.18. The zero-order valence-electron chi connectivity index (χ0n) is 17.6. The molecule has 6 nitrogen and oxygen atoms in total. The number of aromatic nitrogens is 2. The molecule has 0 amide bonds. The summed E-state index contributed by atoms with van der Waals surface area (Å²) in [6.07, 6.45) is 4.31. The number of hydrogen-bond donors (Lipinski definition) is 1. The van der Waals surface area contributed by atoms with E-state index in [0.717, 1.165) is 51.1 Å². The largest absolute Gasteiger partial charge is 0.467 e. The smallest absolute Gasteiger partial charge is 0.189 e. The zero-order chi connectivity index (χ0) is 21.5. The molecule has 1 aromatic heterocycles. The molecule has 0 aliphatic carbocycles. The van der Waals surface area contributed by atoms with E-state index in [-0.39, 0.29) is 6.79 Å². The van der Waals surface area contributed by atoms with Crippen molar-refractivity contribution in [1.82, 2.24) is 15.1 Å². The van der Waals surface area contributed by atoms with Gasteiger partial charge in [-0.05, 0) is 108 Å². The van der Waals surface area contributed by atoms with Gasteiger partial charge in [0.25, 0.3) is 0 Å². The van der Waals surface area contributed by atoms with Crippen LogP contribution < -0.4 is 10.1 Å². The molecule has 2 aromatic rings. The van der Waals surface area contributed by atoms with Crippen molar-refractivity contribution in [2.45, 2.75) is 32.7 Å². The number of rotatable bonds is 8. The lowest BCUT2D eigenvalue weighted by atomic mass is 10.0. The van der Waals surface area contributed by atoms with Crippen molar-refractivity contribution in [2.75, 3.05) is 38.9 Å². The standard InChI is InChI=1S/C22H28Br2N4O2/c1-4-29-14-30-19-11-16(12-20(23)24)7-8-18(19)22-15(2)10-21(26-27-22)25-17-6-5-9-28(3)13-17/h7-8,10-12,17H,4-6,9,13-14H2,1-3H3,(H,25,26). The summed E-state index contributed by atoms with van der Waals surface area (Å²) < 4.78 is 12.1. The quantitative estimate of drug-likeness (QED) is 0.357. The van der Waals surface area contributed by atoms with Gasteiger partial charge >= 0.3 is 0 Å². The van der Waals surface area contributed by atoms with Crippen LogP contribution in [-0.4, -0.2) is 54.7 Å². The summed E-state index contributed by atoms with van der Waals surface area (Å²) in [6, 6.07) is 8.48. The predicted molar refractivity (Wildman–Crippen MR) is 129 cm³/mol. The molecule has 2 heterocycles. The van der Waals surface area contributed by atoms with Gasteiger partial charge in [-0.15, -0.1) is 10.2 Å². The highest BCUT2D eigenvalue weighted by molar-refractivity contribution is 9.28. The Morgan fingerprint density at radius 1 is 1.30 bits per heavy atom. The molecule has 0 radical (unpaired) electrons. The normalized spacial score (nSPS) is 16.9. The maximum absolute atomic E-state index is 5.90. The first-order chi connectivity index (χ1) is 14.5. The highest BCUT2D eigenvalue weighted by atomic mass is 79.9. The first-order valence-corrected chi connectivity index (χ1v) is 11.7. The molecule has 8 heteroatoms. The zero-order valence-corrected chi connectivity index (χ0v) is 20.8. The van der Waals surface area contributed by atoms with Gasteiger partial charge in [-0.3, -0.25) is 0 Å². The molecule has 1 atom stereocenters. The number of nitrogens with one attached hydrogen (secondary N) is 1.